The molecule has 0 bridgehead atoms. The maximum Gasteiger partial charge on any atom is 0.241 e. The fourth-order valence-electron chi connectivity index (χ4n) is 3.49. The molecule has 4 rings (SSSR count). The molecule has 1 aromatic carbocycles. The standard InChI is InChI=1S/C21H24N4O4/c1-2-27-16-9-7-15(8-10-16)20-23-19(29-24-20)14-25-11-3-6-18(25)21(26)22-13-17-5-4-12-28-17/h4-5,7-10,12,18H,2-3,6,11,13-14H2,1H3,(H,22,26). The second-order valence-corrected chi connectivity index (χ2v) is 6.89. The quantitative estimate of drug-likeness (QED) is 0.625. The lowest BCUT2D eigenvalue weighted by Crippen LogP contribution is -2.42. The molecule has 1 N–H and O–H groups in total. The molecule has 29 heavy (non-hydrogen) atoms. The monoisotopic (exact) mass is 396 g/mol. The van der Waals surface area contributed by atoms with Crippen LogP contribution in [0, 0.1) is 0 Å². The zero-order valence-corrected chi connectivity index (χ0v) is 16.3. The summed E-state index contributed by atoms with van der Waals surface area (Å²) >= 11 is 0. The minimum Gasteiger partial charge on any atom is -0.494 e. The number of ether oxygens (including phenoxy) is 1. The largest absolute Gasteiger partial charge is 0.494 e. The molecule has 1 atom stereocenters. The van der Waals surface area contributed by atoms with Gasteiger partial charge in [-0.05, 0) is 62.7 Å². The van der Waals surface area contributed by atoms with Crippen LogP contribution in [0.3, 0.4) is 0 Å². The molecule has 1 saturated heterocycles. The number of furan rings is 1. The molecule has 0 saturated carbocycles. The SMILES string of the molecule is CCOc1ccc(-c2noc(CN3CCCC3C(=O)NCc3ccco3)n2)cc1. The van der Waals surface area contributed by atoms with E-state index in [2.05, 4.69) is 20.4 Å². The highest BCUT2D eigenvalue weighted by molar-refractivity contribution is 5.81. The summed E-state index contributed by atoms with van der Waals surface area (Å²) in [5.41, 5.74) is 0.859. The van der Waals surface area contributed by atoms with E-state index < -0.39 is 0 Å². The highest BCUT2D eigenvalue weighted by Gasteiger charge is 2.31. The average molecular weight is 396 g/mol. The van der Waals surface area contributed by atoms with Gasteiger partial charge in [-0.25, -0.2) is 0 Å². The molecule has 1 amide bonds. The fraction of sp³-hybridized carbons (Fsp3) is 0.381. The minimum absolute atomic E-state index is 0.00912. The van der Waals surface area contributed by atoms with Crippen LogP contribution in [-0.2, 0) is 17.9 Å². The summed E-state index contributed by atoms with van der Waals surface area (Å²) in [5, 5.41) is 7.01. The number of aromatic nitrogens is 2. The Balaban J connectivity index is 1.36. The van der Waals surface area contributed by atoms with E-state index in [9.17, 15) is 4.79 Å². The molecule has 3 heterocycles. The lowest BCUT2D eigenvalue weighted by Gasteiger charge is -2.21. The summed E-state index contributed by atoms with van der Waals surface area (Å²) in [4.78, 5) is 19.1. The third kappa shape index (κ3) is 4.65. The van der Waals surface area contributed by atoms with Crippen molar-refractivity contribution in [2.45, 2.75) is 38.9 Å². The van der Waals surface area contributed by atoms with E-state index in [-0.39, 0.29) is 11.9 Å². The van der Waals surface area contributed by atoms with Gasteiger partial charge in [0.05, 0.1) is 32.0 Å². The Hall–Kier alpha value is -3.13. The molecule has 1 unspecified atom stereocenters. The number of benzene rings is 1. The first kappa shape index (κ1) is 19.2. The molecule has 0 radical (unpaired) electrons. The van der Waals surface area contributed by atoms with Crippen LogP contribution < -0.4 is 10.1 Å². The van der Waals surface area contributed by atoms with E-state index in [4.69, 9.17) is 13.7 Å². The molecule has 8 nitrogen and oxygen atoms in total. The van der Waals surface area contributed by atoms with Crippen molar-refractivity contribution in [3.05, 3.63) is 54.3 Å². The number of likely N-dealkylation sites (tertiary alicyclic amines) is 1. The normalized spacial score (nSPS) is 16.8. The second kappa shape index (κ2) is 8.91. The van der Waals surface area contributed by atoms with Gasteiger partial charge in [-0.3, -0.25) is 9.69 Å². The Morgan fingerprint density at radius 3 is 2.93 bits per heavy atom. The van der Waals surface area contributed by atoms with Gasteiger partial charge in [0.2, 0.25) is 17.6 Å². The maximum absolute atomic E-state index is 12.6. The first-order valence-electron chi connectivity index (χ1n) is 9.83. The van der Waals surface area contributed by atoms with Gasteiger partial charge in [0, 0.05) is 5.56 Å². The number of carbonyl (C=O) groups excluding carboxylic acids is 1. The van der Waals surface area contributed by atoms with Crippen molar-refractivity contribution in [3.63, 3.8) is 0 Å². The summed E-state index contributed by atoms with van der Waals surface area (Å²) in [5.74, 6) is 2.56. The van der Waals surface area contributed by atoms with Crippen molar-refractivity contribution in [3.8, 4) is 17.1 Å². The first-order valence-corrected chi connectivity index (χ1v) is 9.83. The molecule has 8 heteroatoms. The number of amides is 1. The maximum atomic E-state index is 12.6. The number of nitrogens with zero attached hydrogens (tertiary/aromatic N) is 3. The summed E-state index contributed by atoms with van der Waals surface area (Å²) in [6.07, 6.45) is 3.36. The molecular weight excluding hydrogens is 372 g/mol. The Morgan fingerprint density at radius 1 is 1.31 bits per heavy atom. The highest BCUT2D eigenvalue weighted by atomic mass is 16.5. The van der Waals surface area contributed by atoms with Gasteiger partial charge in [-0.2, -0.15) is 4.98 Å². The zero-order valence-electron chi connectivity index (χ0n) is 16.3. The summed E-state index contributed by atoms with van der Waals surface area (Å²) in [6, 6.07) is 11.0. The average Bonchev–Trinajstić information content (AvgIpc) is 3.50. The second-order valence-electron chi connectivity index (χ2n) is 6.89. The molecule has 0 spiro atoms. The number of nitrogens with one attached hydrogen (secondary N) is 1. The number of rotatable bonds is 8. The Morgan fingerprint density at radius 2 is 2.17 bits per heavy atom. The van der Waals surface area contributed by atoms with Crippen molar-refractivity contribution >= 4 is 5.91 Å². The lowest BCUT2D eigenvalue weighted by molar-refractivity contribution is -0.126. The van der Waals surface area contributed by atoms with Crippen LogP contribution in [0.2, 0.25) is 0 Å². The molecule has 3 aromatic rings. The molecule has 1 aliphatic rings. The van der Waals surface area contributed by atoms with Gasteiger partial charge < -0.3 is 19.0 Å². The van der Waals surface area contributed by atoms with E-state index in [0.29, 0.717) is 31.4 Å². The van der Waals surface area contributed by atoms with E-state index in [1.165, 1.54) is 0 Å². The smallest absolute Gasteiger partial charge is 0.241 e. The van der Waals surface area contributed by atoms with Crippen LogP contribution in [0.1, 0.15) is 31.4 Å². The van der Waals surface area contributed by atoms with Crippen molar-refractivity contribution in [2.75, 3.05) is 13.2 Å². The third-order valence-electron chi connectivity index (χ3n) is 4.91. The molecule has 0 aliphatic carbocycles. The molecule has 1 aliphatic heterocycles. The first-order chi connectivity index (χ1) is 14.2. The van der Waals surface area contributed by atoms with Gasteiger partial charge in [0.25, 0.3) is 0 Å². The predicted octanol–water partition coefficient (Wildman–Crippen LogP) is 3.01. The van der Waals surface area contributed by atoms with Crippen molar-refractivity contribution in [1.82, 2.24) is 20.4 Å². The van der Waals surface area contributed by atoms with E-state index in [0.717, 1.165) is 36.5 Å². The Labute approximate surface area is 168 Å². The Bertz CT molecular complexity index is 921. The van der Waals surface area contributed by atoms with Crippen molar-refractivity contribution in [1.29, 1.82) is 0 Å². The fourth-order valence-corrected chi connectivity index (χ4v) is 3.49. The lowest BCUT2D eigenvalue weighted by atomic mass is 10.2. The third-order valence-corrected chi connectivity index (χ3v) is 4.91. The number of hydrogen-bond acceptors (Lipinski definition) is 7. The molecule has 2 aromatic heterocycles. The van der Waals surface area contributed by atoms with Crippen LogP contribution in [0.4, 0.5) is 0 Å². The van der Waals surface area contributed by atoms with Crippen LogP contribution in [0.5, 0.6) is 5.75 Å². The molecule has 152 valence electrons. The highest BCUT2D eigenvalue weighted by Crippen LogP contribution is 2.23. The van der Waals surface area contributed by atoms with E-state index in [1.54, 1.807) is 12.3 Å². The summed E-state index contributed by atoms with van der Waals surface area (Å²) in [6.45, 7) is 4.22. The Kier molecular flexibility index (Phi) is 5.90. The van der Waals surface area contributed by atoms with Gasteiger partial charge in [-0.15, -0.1) is 0 Å². The minimum atomic E-state index is -0.203. The molecule has 1 fully saturated rings. The van der Waals surface area contributed by atoms with Crippen LogP contribution in [0.25, 0.3) is 11.4 Å². The van der Waals surface area contributed by atoms with Gasteiger partial charge in [0.15, 0.2) is 0 Å². The van der Waals surface area contributed by atoms with E-state index >= 15 is 0 Å². The molecular formula is C21H24N4O4. The van der Waals surface area contributed by atoms with Crippen molar-refractivity contribution in [2.24, 2.45) is 0 Å². The topological polar surface area (TPSA) is 93.6 Å². The summed E-state index contributed by atoms with van der Waals surface area (Å²) in [7, 11) is 0. The van der Waals surface area contributed by atoms with Gasteiger partial charge in [-0.1, -0.05) is 5.16 Å². The van der Waals surface area contributed by atoms with Gasteiger partial charge in [0.1, 0.15) is 11.5 Å². The number of carbonyl (C=O) groups is 1. The zero-order chi connectivity index (χ0) is 20.1. The summed E-state index contributed by atoms with van der Waals surface area (Å²) < 4.78 is 16.1. The van der Waals surface area contributed by atoms with Crippen molar-refractivity contribution < 1.29 is 18.5 Å². The van der Waals surface area contributed by atoms with Crippen LogP contribution in [-0.4, -0.2) is 40.1 Å². The number of hydrogen-bond donors (Lipinski definition) is 1. The van der Waals surface area contributed by atoms with Gasteiger partial charge >= 0.3 is 0 Å². The van der Waals surface area contributed by atoms with E-state index in [1.807, 2.05) is 37.3 Å². The van der Waals surface area contributed by atoms with Crippen LogP contribution >= 0.6 is 0 Å². The van der Waals surface area contributed by atoms with Crippen LogP contribution in [0.15, 0.2) is 51.6 Å². The predicted molar refractivity (Wildman–Crippen MR) is 105 cm³/mol.